The molecule has 1 aromatic carbocycles. The summed E-state index contributed by atoms with van der Waals surface area (Å²) in [6, 6.07) is 3.26. The van der Waals surface area contributed by atoms with Crippen LogP contribution in [0.2, 0.25) is 0 Å². The molecular formula is C18H15F4N5O. The monoisotopic (exact) mass is 393 g/mol. The third kappa shape index (κ3) is 4.11. The molecular weight excluding hydrogens is 378 g/mol. The van der Waals surface area contributed by atoms with Crippen LogP contribution in [0.15, 0.2) is 42.9 Å². The van der Waals surface area contributed by atoms with Gasteiger partial charge >= 0.3 is 6.18 Å². The molecule has 0 aliphatic carbocycles. The van der Waals surface area contributed by atoms with Crippen LogP contribution in [-0.4, -0.2) is 27.7 Å². The first-order valence-corrected chi connectivity index (χ1v) is 8.03. The Hall–Kier alpha value is -3.43. The van der Waals surface area contributed by atoms with Crippen LogP contribution in [0, 0.1) is 5.82 Å². The maximum absolute atomic E-state index is 13.6. The second-order valence-electron chi connectivity index (χ2n) is 5.95. The standard InChI is InChI=1S/C18H15F4N5O/c1-23-16-15(5-11(7-24-16)12-8-25-27(2)9-12)26-17(28)10-3-13(18(20,21)22)6-14(19)4-10/h3-9H,1-2H3,(H,23,24)(H,26,28). The number of rotatable bonds is 4. The first kappa shape index (κ1) is 19.3. The Labute approximate surface area is 157 Å². The summed E-state index contributed by atoms with van der Waals surface area (Å²) in [4.78, 5) is 16.6. The molecule has 2 heterocycles. The predicted molar refractivity (Wildman–Crippen MR) is 95.3 cm³/mol. The molecule has 2 aromatic heterocycles. The largest absolute Gasteiger partial charge is 0.416 e. The number of aryl methyl sites for hydroxylation is 1. The summed E-state index contributed by atoms with van der Waals surface area (Å²) in [6.45, 7) is 0. The Morgan fingerprint density at radius 1 is 1.11 bits per heavy atom. The second-order valence-corrected chi connectivity index (χ2v) is 5.95. The van der Waals surface area contributed by atoms with Gasteiger partial charge in [0.1, 0.15) is 11.6 Å². The van der Waals surface area contributed by atoms with Gasteiger partial charge in [0.15, 0.2) is 0 Å². The molecule has 0 saturated carbocycles. The van der Waals surface area contributed by atoms with E-state index in [0.717, 1.165) is 11.6 Å². The highest BCUT2D eigenvalue weighted by Gasteiger charge is 2.32. The lowest BCUT2D eigenvalue weighted by atomic mass is 10.1. The smallest absolute Gasteiger partial charge is 0.371 e. The molecule has 0 bridgehead atoms. The summed E-state index contributed by atoms with van der Waals surface area (Å²) in [6.07, 6.45) is 0.130. The molecule has 6 nitrogen and oxygen atoms in total. The molecule has 0 aliphatic rings. The number of nitrogens with one attached hydrogen (secondary N) is 2. The van der Waals surface area contributed by atoms with E-state index in [2.05, 4.69) is 20.7 Å². The van der Waals surface area contributed by atoms with E-state index >= 15 is 0 Å². The summed E-state index contributed by atoms with van der Waals surface area (Å²) in [7, 11) is 3.31. The van der Waals surface area contributed by atoms with E-state index in [0.29, 0.717) is 23.5 Å². The van der Waals surface area contributed by atoms with Crippen LogP contribution >= 0.6 is 0 Å². The molecule has 3 aromatic rings. The third-order valence-electron chi connectivity index (χ3n) is 3.90. The van der Waals surface area contributed by atoms with Crippen molar-refractivity contribution in [1.82, 2.24) is 14.8 Å². The van der Waals surface area contributed by atoms with Crippen molar-refractivity contribution >= 4 is 17.4 Å². The molecule has 0 saturated heterocycles. The summed E-state index contributed by atoms with van der Waals surface area (Å²) >= 11 is 0. The Morgan fingerprint density at radius 3 is 2.46 bits per heavy atom. The maximum atomic E-state index is 13.6. The van der Waals surface area contributed by atoms with Gasteiger partial charge in [-0.05, 0) is 24.3 Å². The van der Waals surface area contributed by atoms with Crippen molar-refractivity contribution in [2.75, 3.05) is 17.7 Å². The third-order valence-corrected chi connectivity index (χ3v) is 3.90. The normalized spacial score (nSPS) is 11.4. The van der Waals surface area contributed by atoms with E-state index in [4.69, 9.17) is 0 Å². The van der Waals surface area contributed by atoms with Gasteiger partial charge in [-0.15, -0.1) is 0 Å². The van der Waals surface area contributed by atoms with Crippen molar-refractivity contribution in [3.8, 4) is 11.1 Å². The average molecular weight is 393 g/mol. The van der Waals surface area contributed by atoms with Crippen molar-refractivity contribution in [1.29, 1.82) is 0 Å². The van der Waals surface area contributed by atoms with Gasteiger partial charge in [-0.25, -0.2) is 9.37 Å². The fourth-order valence-corrected chi connectivity index (χ4v) is 2.57. The van der Waals surface area contributed by atoms with Crippen molar-refractivity contribution in [2.24, 2.45) is 7.05 Å². The van der Waals surface area contributed by atoms with Crippen LogP contribution in [0.3, 0.4) is 0 Å². The number of amides is 1. The minimum Gasteiger partial charge on any atom is -0.371 e. The number of hydrogen-bond donors (Lipinski definition) is 2. The zero-order valence-corrected chi connectivity index (χ0v) is 14.8. The van der Waals surface area contributed by atoms with Gasteiger partial charge in [0.25, 0.3) is 5.91 Å². The first-order valence-electron chi connectivity index (χ1n) is 8.03. The summed E-state index contributed by atoms with van der Waals surface area (Å²) < 4.78 is 53.8. The van der Waals surface area contributed by atoms with E-state index in [9.17, 15) is 22.4 Å². The van der Waals surface area contributed by atoms with E-state index in [1.807, 2.05) is 0 Å². The Morgan fingerprint density at radius 2 is 1.86 bits per heavy atom. The van der Waals surface area contributed by atoms with Gasteiger partial charge in [-0.3, -0.25) is 9.48 Å². The predicted octanol–water partition coefficient (Wildman–Crippen LogP) is 3.93. The number of benzene rings is 1. The zero-order valence-electron chi connectivity index (χ0n) is 14.8. The number of nitrogens with zero attached hydrogens (tertiary/aromatic N) is 3. The number of alkyl halides is 3. The van der Waals surface area contributed by atoms with Crippen LogP contribution < -0.4 is 10.6 Å². The molecule has 0 atom stereocenters. The van der Waals surface area contributed by atoms with Crippen LogP contribution in [0.1, 0.15) is 15.9 Å². The summed E-state index contributed by atoms with van der Waals surface area (Å²) in [5.41, 5.74) is -0.0996. The number of carbonyl (C=O) groups excluding carboxylic acids is 1. The highest BCUT2D eigenvalue weighted by atomic mass is 19.4. The van der Waals surface area contributed by atoms with Gasteiger partial charge in [0.2, 0.25) is 0 Å². The lowest BCUT2D eigenvalue weighted by molar-refractivity contribution is -0.137. The van der Waals surface area contributed by atoms with Gasteiger partial charge in [-0.2, -0.15) is 18.3 Å². The van der Waals surface area contributed by atoms with Gasteiger partial charge in [0.05, 0.1) is 17.4 Å². The minimum atomic E-state index is -4.77. The lowest BCUT2D eigenvalue weighted by Crippen LogP contribution is -2.16. The Kier molecular flexibility index (Phi) is 5.04. The first-order chi connectivity index (χ1) is 13.2. The van der Waals surface area contributed by atoms with Crippen molar-refractivity contribution in [3.05, 3.63) is 59.8 Å². The number of aromatic nitrogens is 3. The molecule has 10 heteroatoms. The topological polar surface area (TPSA) is 71.8 Å². The SMILES string of the molecule is CNc1ncc(-c2cnn(C)c2)cc1NC(=O)c1cc(F)cc(C(F)(F)F)c1. The van der Waals surface area contributed by atoms with E-state index in [1.165, 1.54) is 0 Å². The molecule has 3 rings (SSSR count). The van der Waals surface area contributed by atoms with Crippen LogP contribution in [-0.2, 0) is 13.2 Å². The second kappa shape index (κ2) is 7.29. The fourth-order valence-electron chi connectivity index (χ4n) is 2.57. The number of hydrogen-bond acceptors (Lipinski definition) is 4. The Balaban J connectivity index is 1.94. The molecule has 2 N–H and O–H groups in total. The number of carbonyl (C=O) groups is 1. The van der Waals surface area contributed by atoms with Crippen molar-refractivity contribution in [2.45, 2.75) is 6.18 Å². The summed E-state index contributed by atoms with van der Waals surface area (Å²) in [5, 5.41) is 9.31. The summed E-state index contributed by atoms with van der Waals surface area (Å²) in [5.74, 6) is -1.75. The highest BCUT2D eigenvalue weighted by molar-refractivity contribution is 6.06. The zero-order chi connectivity index (χ0) is 20.5. The van der Waals surface area contributed by atoms with Gasteiger partial charge < -0.3 is 10.6 Å². The van der Waals surface area contributed by atoms with Crippen molar-refractivity contribution < 1.29 is 22.4 Å². The molecule has 1 amide bonds. The average Bonchev–Trinajstić information content (AvgIpc) is 3.07. The number of anilines is 2. The number of halogens is 4. The minimum absolute atomic E-state index is 0.228. The maximum Gasteiger partial charge on any atom is 0.416 e. The Bertz CT molecular complexity index is 1030. The van der Waals surface area contributed by atoms with Gasteiger partial charge in [0, 0.05) is 43.2 Å². The molecule has 0 unspecified atom stereocenters. The molecule has 28 heavy (non-hydrogen) atoms. The molecule has 0 spiro atoms. The quantitative estimate of drug-likeness (QED) is 0.659. The van der Waals surface area contributed by atoms with Crippen LogP contribution in [0.25, 0.3) is 11.1 Å². The van der Waals surface area contributed by atoms with Gasteiger partial charge in [-0.1, -0.05) is 0 Å². The van der Waals surface area contributed by atoms with Crippen molar-refractivity contribution in [3.63, 3.8) is 0 Å². The van der Waals surface area contributed by atoms with Crippen LogP contribution in [0.4, 0.5) is 29.1 Å². The molecule has 0 radical (unpaired) electrons. The molecule has 0 fully saturated rings. The fraction of sp³-hybridized carbons (Fsp3) is 0.167. The van der Waals surface area contributed by atoms with Crippen LogP contribution in [0.5, 0.6) is 0 Å². The number of pyridine rings is 1. The van der Waals surface area contributed by atoms with E-state index in [1.54, 1.807) is 43.4 Å². The molecule has 0 aliphatic heterocycles. The van der Waals surface area contributed by atoms with E-state index in [-0.39, 0.29) is 5.69 Å². The van der Waals surface area contributed by atoms with E-state index < -0.39 is 29.0 Å². The highest BCUT2D eigenvalue weighted by Crippen LogP contribution is 2.31. The lowest BCUT2D eigenvalue weighted by Gasteiger charge is -2.13. The molecule has 146 valence electrons.